The molecule has 0 amide bonds. The van der Waals surface area contributed by atoms with Crippen molar-refractivity contribution in [3.63, 3.8) is 0 Å². The van der Waals surface area contributed by atoms with Crippen molar-refractivity contribution in [3.8, 4) is 0 Å². The van der Waals surface area contributed by atoms with Gasteiger partial charge < -0.3 is 9.26 Å². The Hall–Kier alpha value is -0.960. The lowest BCUT2D eigenvalue weighted by Crippen LogP contribution is -2.39. The second-order valence-electron chi connectivity index (χ2n) is 5.75. The Morgan fingerprint density at radius 2 is 2.14 bits per heavy atom. The van der Waals surface area contributed by atoms with Crippen molar-refractivity contribution in [1.82, 2.24) is 14.8 Å². The first-order valence-corrected chi connectivity index (χ1v) is 9.14. The van der Waals surface area contributed by atoms with Crippen molar-refractivity contribution in [1.29, 1.82) is 0 Å². The van der Waals surface area contributed by atoms with Gasteiger partial charge in [-0.3, -0.25) is 4.90 Å². The molecule has 118 valence electrons. The average Bonchev–Trinajstić information content (AvgIpc) is 2.81. The van der Waals surface area contributed by atoms with Crippen molar-refractivity contribution in [2.75, 3.05) is 32.6 Å². The van der Waals surface area contributed by atoms with Crippen LogP contribution in [-0.2, 0) is 34.1 Å². The van der Waals surface area contributed by atoms with Gasteiger partial charge in [-0.25, -0.2) is 13.1 Å². The van der Waals surface area contributed by atoms with Crippen LogP contribution in [0.2, 0.25) is 0 Å². The third-order valence-corrected chi connectivity index (χ3v) is 4.74. The summed E-state index contributed by atoms with van der Waals surface area (Å²) < 4.78 is 36.2. The highest BCUT2D eigenvalue weighted by Gasteiger charge is 2.28. The molecule has 1 aromatic heterocycles. The van der Waals surface area contributed by atoms with E-state index < -0.39 is 10.0 Å². The van der Waals surface area contributed by atoms with Crippen LogP contribution in [0.5, 0.6) is 0 Å². The molecule has 1 saturated heterocycles. The SMILES string of the molecule is CS(=O)(=O)NC1CCc2onc(CN3CCOCC3)c2C1. The van der Waals surface area contributed by atoms with Crippen LogP contribution in [0.25, 0.3) is 0 Å². The average molecular weight is 315 g/mol. The highest BCUT2D eigenvalue weighted by atomic mass is 32.2. The van der Waals surface area contributed by atoms with Crippen LogP contribution in [-0.4, -0.2) is 57.1 Å². The van der Waals surface area contributed by atoms with Crippen LogP contribution in [0.1, 0.15) is 23.4 Å². The predicted octanol–water partition coefficient (Wildman–Crippen LogP) is -0.0867. The van der Waals surface area contributed by atoms with Crippen molar-refractivity contribution >= 4 is 10.0 Å². The number of nitrogens with zero attached hydrogens (tertiary/aromatic N) is 2. The van der Waals surface area contributed by atoms with Crippen LogP contribution in [0, 0.1) is 0 Å². The summed E-state index contributed by atoms with van der Waals surface area (Å²) in [6.45, 7) is 4.03. The summed E-state index contributed by atoms with van der Waals surface area (Å²) in [5.41, 5.74) is 2.01. The van der Waals surface area contributed by atoms with Gasteiger partial charge in [-0.15, -0.1) is 0 Å². The third-order valence-electron chi connectivity index (χ3n) is 3.98. The fourth-order valence-electron chi connectivity index (χ4n) is 2.96. The van der Waals surface area contributed by atoms with Crippen LogP contribution in [0.4, 0.5) is 0 Å². The van der Waals surface area contributed by atoms with Gasteiger partial charge in [0, 0.05) is 37.7 Å². The molecule has 8 heteroatoms. The molecule has 0 spiro atoms. The molecule has 1 aromatic rings. The van der Waals surface area contributed by atoms with Gasteiger partial charge in [0.05, 0.1) is 19.5 Å². The van der Waals surface area contributed by atoms with E-state index in [-0.39, 0.29) is 6.04 Å². The van der Waals surface area contributed by atoms with E-state index in [0.29, 0.717) is 6.42 Å². The summed E-state index contributed by atoms with van der Waals surface area (Å²) in [5.74, 6) is 0.907. The molecule has 1 fully saturated rings. The van der Waals surface area contributed by atoms with Gasteiger partial charge in [0.1, 0.15) is 11.5 Å². The minimum absolute atomic E-state index is 0.0599. The van der Waals surface area contributed by atoms with Crippen molar-refractivity contribution in [2.24, 2.45) is 0 Å². The molecule has 2 aliphatic rings. The zero-order chi connectivity index (χ0) is 14.9. The number of sulfonamides is 1. The molecule has 1 aliphatic heterocycles. The summed E-state index contributed by atoms with van der Waals surface area (Å²) in [5, 5.41) is 4.19. The van der Waals surface area contributed by atoms with E-state index in [1.165, 1.54) is 6.26 Å². The maximum Gasteiger partial charge on any atom is 0.208 e. The molecule has 2 heterocycles. The molecule has 3 rings (SSSR count). The number of aromatic nitrogens is 1. The van der Waals surface area contributed by atoms with E-state index in [1.54, 1.807) is 0 Å². The molecule has 7 nitrogen and oxygen atoms in total. The topological polar surface area (TPSA) is 84.7 Å². The number of aryl methyl sites for hydroxylation is 1. The number of fused-ring (bicyclic) bond motifs is 1. The van der Waals surface area contributed by atoms with Gasteiger partial charge in [-0.05, 0) is 12.8 Å². The lowest BCUT2D eigenvalue weighted by Gasteiger charge is -2.26. The monoisotopic (exact) mass is 315 g/mol. The Labute approximate surface area is 124 Å². The molecule has 1 N–H and O–H groups in total. The molecule has 1 unspecified atom stereocenters. The second-order valence-corrected chi connectivity index (χ2v) is 7.53. The van der Waals surface area contributed by atoms with E-state index in [4.69, 9.17) is 9.26 Å². The van der Waals surface area contributed by atoms with Crippen molar-refractivity contribution in [3.05, 3.63) is 17.0 Å². The first-order valence-electron chi connectivity index (χ1n) is 7.25. The number of rotatable bonds is 4. The van der Waals surface area contributed by atoms with Crippen LogP contribution >= 0.6 is 0 Å². The predicted molar refractivity (Wildman–Crippen MR) is 76.4 cm³/mol. The Kier molecular flexibility index (Phi) is 4.30. The Balaban J connectivity index is 1.69. The largest absolute Gasteiger partial charge is 0.379 e. The van der Waals surface area contributed by atoms with Crippen molar-refractivity contribution < 1.29 is 17.7 Å². The van der Waals surface area contributed by atoms with Crippen molar-refractivity contribution in [2.45, 2.75) is 31.8 Å². The Morgan fingerprint density at radius 3 is 2.86 bits per heavy atom. The van der Waals surface area contributed by atoms with E-state index in [0.717, 1.165) is 62.7 Å². The Morgan fingerprint density at radius 1 is 1.38 bits per heavy atom. The normalized spacial score (nSPS) is 24.0. The zero-order valence-corrected chi connectivity index (χ0v) is 13.0. The number of morpholine rings is 1. The number of hydrogen-bond donors (Lipinski definition) is 1. The van der Waals surface area contributed by atoms with Gasteiger partial charge in [0.25, 0.3) is 0 Å². The summed E-state index contributed by atoms with van der Waals surface area (Å²) in [4.78, 5) is 2.29. The molecular weight excluding hydrogens is 294 g/mol. The van der Waals surface area contributed by atoms with Crippen LogP contribution in [0.15, 0.2) is 4.52 Å². The van der Waals surface area contributed by atoms with E-state index in [2.05, 4.69) is 14.8 Å². The first kappa shape index (κ1) is 15.0. The summed E-state index contributed by atoms with van der Waals surface area (Å²) >= 11 is 0. The summed E-state index contributed by atoms with van der Waals surface area (Å²) in [6.07, 6.45) is 3.35. The van der Waals surface area contributed by atoms with Gasteiger partial charge in [0.15, 0.2) is 0 Å². The molecule has 0 radical (unpaired) electrons. The van der Waals surface area contributed by atoms with Gasteiger partial charge in [-0.2, -0.15) is 0 Å². The smallest absolute Gasteiger partial charge is 0.208 e. The Bertz CT molecular complexity index is 593. The van der Waals surface area contributed by atoms with Gasteiger partial charge in [-0.1, -0.05) is 5.16 Å². The standard InChI is InChI=1S/C13H21N3O4S/c1-21(17,18)15-10-2-3-13-11(8-10)12(14-20-13)9-16-4-6-19-7-5-16/h10,15H,2-9H2,1H3. The number of ether oxygens (including phenoxy) is 1. The summed E-state index contributed by atoms with van der Waals surface area (Å²) in [6, 6.07) is -0.0599. The molecule has 0 bridgehead atoms. The minimum atomic E-state index is -3.18. The molecule has 0 aromatic carbocycles. The second kappa shape index (κ2) is 6.04. The highest BCUT2D eigenvalue weighted by molar-refractivity contribution is 7.88. The first-order chi connectivity index (χ1) is 10.0. The molecule has 1 aliphatic carbocycles. The molecular formula is C13H21N3O4S. The number of hydrogen-bond acceptors (Lipinski definition) is 6. The number of nitrogens with one attached hydrogen (secondary N) is 1. The van der Waals surface area contributed by atoms with Crippen LogP contribution < -0.4 is 4.72 Å². The van der Waals surface area contributed by atoms with E-state index in [1.807, 2.05) is 0 Å². The molecule has 0 saturated carbocycles. The maximum atomic E-state index is 11.4. The van der Waals surface area contributed by atoms with Crippen LogP contribution in [0.3, 0.4) is 0 Å². The minimum Gasteiger partial charge on any atom is -0.379 e. The lowest BCUT2D eigenvalue weighted by atomic mass is 9.92. The van der Waals surface area contributed by atoms with Gasteiger partial charge >= 0.3 is 0 Å². The fourth-order valence-corrected chi connectivity index (χ4v) is 3.77. The fraction of sp³-hybridized carbons (Fsp3) is 0.769. The van der Waals surface area contributed by atoms with Gasteiger partial charge in [0.2, 0.25) is 10.0 Å². The van der Waals surface area contributed by atoms with E-state index in [9.17, 15) is 8.42 Å². The van der Waals surface area contributed by atoms with E-state index >= 15 is 0 Å². The zero-order valence-electron chi connectivity index (χ0n) is 12.2. The highest BCUT2D eigenvalue weighted by Crippen LogP contribution is 2.26. The molecule has 1 atom stereocenters. The lowest BCUT2D eigenvalue weighted by molar-refractivity contribution is 0.0331. The molecule has 21 heavy (non-hydrogen) atoms. The third kappa shape index (κ3) is 3.82. The quantitative estimate of drug-likeness (QED) is 0.836. The summed E-state index contributed by atoms with van der Waals surface area (Å²) in [7, 11) is -3.18. The maximum absolute atomic E-state index is 11.4.